The molecule has 1 atom stereocenters. The van der Waals surface area contributed by atoms with E-state index in [1.54, 1.807) is 11.1 Å². The molecule has 2 aromatic carbocycles. The maximum atomic E-state index is 12.7. The van der Waals surface area contributed by atoms with Gasteiger partial charge in [-0.05, 0) is 70.0 Å². The minimum absolute atomic E-state index is 0.104. The Morgan fingerprint density at radius 3 is 2.57 bits per heavy atom. The van der Waals surface area contributed by atoms with Crippen LogP contribution in [0.1, 0.15) is 46.5 Å². The van der Waals surface area contributed by atoms with Crippen molar-refractivity contribution >= 4 is 34.6 Å². The third-order valence-electron chi connectivity index (χ3n) is 7.07. The zero-order valence-electron chi connectivity index (χ0n) is 21.0. The number of amides is 1. The molecule has 7 nitrogen and oxygen atoms in total. The van der Waals surface area contributed by atoms with E-state index in [1.165, 1.54) is 25.7 Å². The molecule has 2 N–H and O–H groups in total. The fraction of sp³-hybridized carbons (Fsp3) is 0.393. The molecule has 5 rings (SSSR count). The van der Waals surface area contributed by atoms with Crippen LogP contribution < -0.4 is 20.4 Å². The van der Waals surface area contributed by atoms with Crippen LogP contribution in [0, 0.1) is 0 Å². The van der Waals surface area contributed by atoms with Gasteiger partial charge in [-0.1, -0.05) is 25.0 Å². The van der Waals surface area contributed by atoms with E-state index in [-0.39, 0.29) is 18.0 Å². The van der Waals surface area contributed by atoms with Crippen LogP contribution in [-0.2, 0) is 4.79 Å². The lowest BCUT2D eigenvalue weighted by Crippen LogP contribution is -2.53. The highest BCUT2D eigenvalue weighted by Gasteiger charge is 2.35. The number of anilines is 5. The number of hydrogen-bond donors (Lipinski definition) is 2. The van der Waals surface area contributed by atoms with Crippen molar-refractivity contribution in [3.8, 4) is 11.3 Å². The van der Waals surface area contributed by atoms with Gasteiger partial charge in [-0.15, -0.1) is 0 Å². The van der Waals surface area contributed by atoms with Gasteiger partial charge >= 0.3 is 0 Å². The van der Waals surface area contributed by atoms with Crippen molar-refractivity contribution < 1.29 is 4.79 Å². The fourth-order valence-corrected chi connectivity index (χ4v) is 5.33. The minimum Gasteiger partial charge on any atom is -0.382 e. The number of benzene rings is 2. The summed E-state index contributed by atoms with van der Waals surface area (Å²) in [5.74, 6) is 0.647. The Hall–Kier alpha value is -3.61. The number of rotatable bonds is 6. The van der Waals surface area contributed by atoms with E-state index >= 15 is 0 Å². The van der Waals surface area contributed by atoms with E-state index in [0.717, 1.165) is 34.0 Å². The molecule has 35 heavy (non-hydrogen) atoms. The molecule has 0 bridgehead atoms. The Balaban J connectivity index is 1.39. The van der Waals surface area contributed by atoms with E-state index in [9.17, 15) is 4.79 Å². The van der Waals surface area contributed by atoms with E-state index in [2.05, 4.69) is 64.7 Å². The zero-order chi connectivity index (χ0) is 24.5. The smallest absolute Gasteiger partial charge is 0.249 e. The highest BCUT2D eigenvalue weighted by Crippen LogP contribution is 2.39. The fourth-order valence-electron chi connectivity index (χ4n) is 5.33. The van der Waals surface area contributed by atoms with Gasteiger partial charge in [0.25, 0.3) is 0 Å². The maximum absolute atomic E-state index is 12.7. The summed E-state index contributed by atoms with van der Waals surface area (Å²) in [5.41, 5.74) is 5.90. The Labute approximate surface area is 207 Å². The predicted octanol–water partition coefficient (Wildman–Crippen LogP) is 5.82. The first-order valence-corrected chi connectivity index (χ1v) is 12.6. The molecule has 1 amide bonds. The van der Waals surface area contributed by atoms with Gasteiger partial charge in [0.2, 0.25) is 11.9 Å². The quantitative estimate of drug-likeness (QED) is 0.473. The highest BCUT2D eigenvalue weighted by molar-refractivity contribution is 6.05. The summed E-state index contributed by atoms with van der Waals surface area (Å²) < 4.78 is 0. The summed E-state index contributed by atoms with van der Waals surface area (Å²) in [6, 6.07) is 17.0. The van der Waals surface area contributed by atoms with Gasteiger partial charge < -0.3 is 20.4 Å². The summed E-state index contributed by atoms with van der Waals surface area (Å²) in [4.78, 5) is 25.9. The van der Waals surface area contributed by atoms with Crippen molar-refractivity contribution in [2.75, 3.05) is 27.5 Å². The van der Waals surface area contributed by atoms with Crippen molar-refractivity contribution in [1.82, 2.24) is 9.97 Å². The third-order valence-corrected chi connectivity index (χ3v) is 7.07. The molecule has 1 unspecified atom stereocenters. The van der Waals surface area contributed by atoms with Crippen molar-refractivity contribution in [2.45, 2.75) is 64.6 Å². The largest absolute Gasteiger partial charge is 0.382 e. The molecule has 182 valence electrons. The lowest BCUT2D eigenvalue weighted by atomic mass is 10.0. The molecule has 1 fully saturated rings. The van der Waals surface area contributed by atoms with Gasteiger partial charge in [0.1, 0.15) is 6.04 Å². The number of carbonyl (C=O) groups excluding carboxylic acids is 1. The number of likely N-dealkylation sites (N-methyl/N-ethyl adjacent to an activating group) is 1. The van der Waals surface area contributed by atoms with Crippen LogP contribution in [0.5, 0.6) is 0 Å². The third kappa shape index (κ3) is 4.67. The van der Waals surface area contributed by atoms with Crippen LogP contribution in [0.2, 0.25) is 0 Å². The summed E-state index contributed by atoms with van der Waals surface area (Å²) in [7, 11) is 1.84. The zero-order valence-corrected chi connectivity index (χ0v) is 21.0. The number of hydrogen-bond acceptors (Lipinski definition) is 6. The van der Waals surface area contributed by atoms with Gasteiger partial charge in [0.05, 0.1) is 17.1 Å². The van der Waals surface area contributed by atoms with Crippen LogP contribution in [0.25, 0.3) is 11.3 Å². The Morgan fingerprint density at radius 1 is 1.00 bits per heavy atom. The monoisotopic (exact) mass is 470 g/mol. The van der Waals surface area contributed by atoms with Crippen molar-refractivity contribution in [2.24, 2.45) is 0 Å². The van der Waals surface area contributed by atoms with Crippen molar-refractivity contribution in [3.63, 3.8) is 0 Å². The predicted molar refractivity (Wildman–Crippen MR) is 144 cm³/mol. The maximum Gasteiger partial charge on any atom is 0.249 e. The van der Waals surface area contributed by atoms with Gasteiger partial charge in [0, 0.05) is 42.3 Å². The lowest BCUT2D eigenvalue weighted by Gasteiger charge is -2.42. The second kappa shape index (κ2) is 9.56. The first kappa shape index (κ1) is 23.1. The van der Waals surface area contributed by atoms with Crippen LogP contribution in [0.4, 0.5) is 28.7 Å². The number of nitrogens with zero attached hydrogens (tertiary/aromatic N) is 4. The standard InChI is InChI=1S/C28H34N6O/c1-18(2)34-19(3)27(35)33(4)25-13-12-23(17-26(25)34)31-28-29-15-14-24(32-28)20-8-7-11-22(16-20)30-21-9-5-6-10-21/h7-8,11-19,21,30H,5-6,9-10H2,1-4H3,(H,29,31,32). The summed E-state index contributed by atoms with van der Waals surface area (Å²) in [6.07, 6.45) is 6.88. The molecule has 1 aromatic heterocycles. The summed E-state index contributed by atoms with van der Waals surface area (Å²) in [5, 5.41) is 7.04. The Morgan fingerprint density at radius 2 is 1.80 bits per heavy atom. The van der Waals surface area contributed by atoms with E-state index in [4.69, 9.17) is 4.98 Å². The molecule has 2 aliphatic rings. The van der Waals surface area contributed by atoms with Crippen LogP contribution in [0.3, 0.4) is 0 Å². The molecule has 3 aromatic rings. The van der Waals surface area contributed by atoms with Gasteiger partial charge in [-0.2, -0.15) is 0 Å². The second-order valence-electron chi connectivity index (χ2n) is 9.87. The SMILES string of the molecule is CC(C)N1c2cc(Nc3nccc(-c4cccc(NC5CCCC5)c4)n3)ccc2N(C)C(=O)C1C. The van der Waals surface area contributed by atoms with Gasteiger partial charge in [0.15, 0.2) is 0 Å². The Bertz CT molecular complexity index is 1220. The lowest BCUT2D eigenvalue weighted by molar-refractivity contribution is -0.119. The van der Waals surface area contributed by atoms with Crippen LogP contribution in [0.15, 0.2) is 54.7 Å². The first-order valence-electron chi connectivity index (χ1n) is 12.6. The molecule has 1 aliphatic carbocycles. The minimum atomic E-state index is -0.215. The highest BCUT2D eigenvalue weighted by atomic mass is 16.2. The molecule has 0 spiro atoms. The van der Waals surface area contributed by atoms with Crippen LogP contribution in [-0.4, -0.2) is 41.0 Å². The average Bonchev–Trinajstić information content (AvgIpc) is 3.36. The summed E-state index contributed by atoms with van der Waals surface area (Å²) in [6.45, 7) is 6.19. The molecule has 0 radical (unpaired) electrons. The number of nitrogens with one attached hydrogen (secondary N) is 2. The molecule has 1 aliphatic heterocycles. The number of carbonyl (C=O) groups is 1. The average molecular weight is 471 g/mol. The van der Waals surface area contributed by atoms with Gasteiger partial charge in [-0.25, -0.2) is 9.97 Å². The number of aromatic nitrogens is 2. The van der Waals surface area contributed by atoms with Gasteiger partial charge in [-0.3, -0.25) is 4.79 Å². The van der Waals surface area contributed by atoms with Crippen molar-refractivity contribution in [3.05, 3.63) is 54.7 Å². The summed E-state index contributed by atoms with van der Waals surface area (Å²) >= 11 is 0. The van der Waals surface area contributed by atoms with Crippen LogP contribution >= 0.6 is 0 Å². The normalized spacial score (nSPS) is 18.2. The molecule has 0 saturated heterocycles. The molecule has 2 heterocycles. The molecular formula is C28H34N6O. The second-order valence-corrected chi connectivity index (χ2v) is 9.87. The van der Waals surface area contributed by atoms with E-state index < -0.39 is 0 Å². The molecular weight excluding hydrogens is 436 g/mol. The van der Waals surface area contributed by atoms with E-state index in [1.807, 2.05) is 32.2 Å². The first-order chi connectivity index (χ1) is 16.9. The number of fused-ring (bicyclic) bond motifs is 1. The molecule has 1 saturated carbocycles. The van der Waals surface area contributed by atoms with Crippen molar-refractivity contribution in [1.29, 1.82) is 0 Å². The van der Waals surface area contributed by atoms with E-state index in [0.29, 0.717) is 12.0 Å². The Kier molecular flexibility index (Phi) is 6.32. The topological polar surface area (TPSA) is 73.4 Å². The molecule has 7 heteroatoms.